The summed E-state index contributed by atoms with van der Waals surface area (Å²) in [5.41, 5.74) is 3.85. The van der Waals surface area contributed by atoms with Gasteiger partial charge in [0.1, 0.15) is 0 Å². The second-order valence-electron chi connectivity index (χ2n) is 7.17. The lowest BCUT2D eigenvalue weighted by Gasteiger charge is -2.21. The highest BCUT2D eigenvalue weighted by Crippen LogP contribution is 2.22. The Hall–Kier alpha value is -1.32. The zero-order valence-electron chi connectivity index (χ0n) is 17.2. The van der Waals surface area contributed by atoms with Gasteiger partial charge >= 0.3 is 0 Å². The molecule has 1 unspecified atom stereocenters. The van der Waals surface area contributed by atoms with Crippen LogP contribution in [0.5, 0.6) is 0 Å². The van der Waals surface area contributed by atoms with Gasteiger partial charge in [0.05, 0.1) is 19.8 Å². The molecule has 0 amide bonds. The lowest BCUT2D eigenvalue weighted by Crippen LogP contribution is -2.41. The first-order valence-corrected chi connectivity index (χ1v) is 9.81. The van der Waals surface area contributed by atoms with Gasteiger partial charge < -0.3 is 24.7 Å². The van der Waals surface area contributed by atoms with E-state index in [0.717, 1.165) is 45.0 Å². The van der Waals surface area contributed by atoms with Crippen molar-refractivity contribution in [1.29, 1.82) is 0 Å². The number of fused-ring (bicyclic) bond motifs is 1. The van der Waals surface area contributed by atoms with E-state index in [1.807, 2.05) is 7.05 Å². The van der Waals surface area contributed by atoms with E-state index >= 15 is 0 Å². The number of aromatic amines is 1. The van der Waals surface area contributed by atoms with Crippen LogP contribution in [-0.4, -0.2) is 69.5 Å². The molecule has 0 spiro atoms. The summed E-state index contributed by atoms with van der Waals surface area (Å²) < 4.78 is 10.7. The van der Waals surface area contributed by atoms with Gasteiger partial charge in [-0.3, -0.25) is 4.99 Å². The first-order valence-electron chi connectivity index (χ1n) is 9.81. The van der Waals surface area contributed by atoms with E-state index in [1.54, 1.807) is 7.11 Å². The van der Waals surface area contributed by atoms with Gasteiger partial charge in [0, 0.05) is 56.3 Å². The summed E-state index contributed by atoms with van der Waals surface area (Å²) in [5, 5.41) is 4.86. The van der Waals surface area contributed by atoms with Gasteiger partial charge in [-0.05, 0) is 31.4 Å². The molecule has 1 saturated heterocycles. The molecule has 6 nitrogen and oxygen atoms in total. The number of H-pyrrole nitrogens is 1. The Morgan fingerprint density at radius 2 is 2.14 bits per heavy atom. The Morgan fingerprint density at radius 3 is 2.93 bits per heavy atom. The van der Waals surface area contributed by atoms with Gasteiger partial charge in [-0.1, -0.05) is 18.2 Å². The van der Waals surface area contributed by atoms with Gasteiger partial charge in [-0.2, -0.15) is 0 Å². The number of hydrogen-bond donors (Lipinski definition) is 2. The number of halogens is 1. The number of para-hydroxylation sites is 1. The van der Waals surface area contributed by atoms with Crippen molar-refractivity contribution in [2.24, 2.45) is 10.9 Å². The Kier molecular flexibility index (Phi) is 9.53. The second kappa shape index (κ2) is 11.6. The lowest BCUT2D eigenvalue weighted by atomic mass is 10.1. The van der Waals surface area contributed by atoms with Gasteiger partial charge in [-0.15, -0.1) is 24.0 Å². The molecule has 0 saturated carbocycles. The number of hydrogen-bond acceptors (Lipinski definition) is 3. The number of aliphatic imine (C=N–C) groups is 1. The number of nitrogens with zero attached hydrogens (tertiary/aromatic N) is 2. The largest absolute Gasteiger partial charge is 0.382 e. The summed E-state index contributed by atoms with van der Waals surface area (Å²) in [6.07, 6.45) is 2.13. The number of rotatable bonds is 8. The second-order valence-corrected chi connectivity index (χ2v) is 7.17. The van der Waals surface area contributed by atoms with Crippen molar-refractivity contribution in [1.82, 2.24) is 15.2 Å². The summed E-state index contributed by atoms with van der Waals surface area (Å²) in [7, 11) is 3.57. The minimum Gasteiger partial charge on any atom is -0.382 e. The Labute approximate surface area is 185 Å². The van der Waals surface area contributed by atoms with E-state index in [0.29, 0.717) is 19.1 Å². The van der Waals surface area contributed by atoms with Crippen molar-refractivity contribution >= 4 is 40.8 Å². The number of ether oxygens (including phenoxy) is 2. The van der Waals surface area contributed by atoms with Crippen LogP contribution in [0.1, 0.15) is 17.7 Å². The predicted molar refractivity (Wildman–Crippen MR) is 126 cm³/mol. The fourth-order valence-corrected chi connectivity index (χ4v) is 3.84. The summed E-state index contributed by atoms with van der Waals surface area (Å²) in [5.74, 6) is 1.56. The van der Waals surface area contributed by atoms with E-state index in [2.05, 4.69) is 51.4 Å². The first kappa shape index (κ1) is 23.0. The molecule has 0 aliphatic carbocycles. The van der Waals surface area contributed by atoms with Crippen LogP contribution in [0.25, 0.3) is 10.9 Å². The van der Waals surface area contributed by atoms with Gasteiger partial charge in [0.15, 0.2) is 5.96 Å². The summed E-state index contributed by atoms with van der Waals surface area (Å²) >= 11 is 0. The minimum absolute atomic E-state index is 0. The lowest BCUT2D eigenvalue weighted by molar-refractivity contribution is 0.0536. The summed E-state index contributed by atoms with van der Waals surface area (Å²) in [6.45, 7) is 7.19. The fraction of sp³-hybridized carbons (Fsp3) is 0.571. The Morgan fingerprint density at radius 1 is 1.32 bits per heavy atom. The third-order valence-corrected chi connectivity index (χ3v) is 5.27. The molecule has 2 heterocycles. The van der Waals surface area contributed by atoms with E-state index in [1.165, 1.54) is 22.2 Å². The monoisotopic (exact) mass is 500 g/mol. The van der Waals surface area contributed by atoms with E-state index in [9.17, 15) is 0 Å². The zero-order chi connectivity index (χ0) is 19.1. The number of likely N-dealkylation sites (tertiary alicyclic amines) is 1. The van der Waals surface area contributed by atoms with Crippen LogP contribution < -0.4 is 5.32 Å². The highest BCUT2D eigenvalue weighted by Gasteiger charge is 2.24. The third-order valence-electron chi connectivity index (χ3n) is 5.27. The fourth-order valence-electron chi connectivity index (χ4n) is 3.84. The normalized spacial score (nSPS) is 17.2. The van der Waals surface area contributed by atoms with Gasteiger partial charge in [0.25, 0.3) is 0 Å². The van der Waals surface area contributed by atoms with Crippen LogP contribution >= 0.6 is 24.0 Å². The molecular weight excluding hydrogens is 467 g/mol. The topological polar surface area (TPSA) is 61.9 Å². The molecule has 1 atom stereocenters. The predicted octanol–water partition coefficient (Wildman–Crippen LogP) is 3.20. The number of nitrogens with one attached hydrogen (secondary N) is 2. The van der Waals surface area contributed by atoms with Crippen molar-refractivity contribution < 1.29 is 9.47 Å². The van der Waals surface area contributed by atoms with Crippen LogP contribution in [0.3, 0.4) is 0 Å². The molecule has 1 aromatic carbocycles. The van der Waals surface area contributed by atoms with Crippen molar-refractivity contribution in [3.8, 4) is 0 Å². The quantitative estimate of drug-likeness (QED) is 0.253. The molecule has 1 fully saturated rings. The van der Waals surface area contributed by atoms with E-state index in [-0.39, 0.29) is 24.0 Å². The molecule has 28 heavy (non-hydrogen) atoms. The summed E-state index contributed by atoms with van der Waals surface area (Å²) in [4.78, 5) is 10.3. The average molecular weight is 500 g/mol. The molecule has 1 aliphatic heterocycles. The molecule has 156 valence electrons. The number of methoxy groups -OCH3 is 1. The smallest absolute Gasteiger partial charge is 0.193 e. The third kappa shape index (κ3) is 5.84. The van der Waals surface area contributed by atoms with Gasteiger partial charge in [0.2, 0.25) is 0 Å². The average Bonchev–Trinajstić information content (AvgIpc) is 3.27. The molecule has 2 N–H and O–H groups in total. The molecular formula is C21H33IN4O2. The van der Waals surface area contributed by atoms with Crippen molar-refractivity contribution in [3.05, 3.63) is 35.5 Å². The number of aromatic nitrogens is 1. The molecule has 1 aromatic heterocycles. The molecule has 0 bridgehead atoms. The van der Waals surface area contributed by atoms with Gasteiger partial charge in [-0.25, -0.2) is 0 Å². The van der Waals surface area contributed by atoms with Crippen molar-refractivity contribution in [3.63, 3.8) is 0 Å². The zero-order valence-corrected chi connectivity index (χ0v) is 19.5. The Bertz CT molecular complexity index is 762. The molecule has 7 heteroatoms. The molecule has 1 aliphatic rings. The van der Waals surface area contributed by atoms with Crippen molar-refractivity contribution in [2.75, 3.05) is 53.6 Å². The summed E-state index contributed by atoms with van der Waals surface area (Å²) in [6, 6.07) is 8.50. The number of benzene rings is 1. The Balaban J connectivity index is 0.00000280. The maximum absolute atomic E-state index is 5.69. The molecule has 0 radical (unpaired) electrons. The highest BCUT2D eigenvalue weighted by molar-refractivity contribution is 14.0. The first-order chi connectivity index (χ1) is 13.2. The van der Waals surface area contributed by atoms with Crippen LogP contribution in [0.2, 0.25) is 0 Å². The van der Waals surface area contributed by atoms with Crippen LogP contribution in [-0.2, 0) is 15.9 Å². The number of guanidine groups is 1. The van der Waals surface area contributed by atoms with Crippen LogP contribution in [0.15, 0.2) is 29.3 Å². The van der Waals surface area contributed by atoms with E-state index < -0.39 is 0 Å². The van der Waals surface area contributed by atoms with Crippen LogP contribution in [0.4, 0.5) is 0 Å². The minimum atomic E-state index is 0. The highest BCUT2D eigenvalue weighted by atomic mass is 127. The molecule has 3 rings (SSSR count). The standard InChI is InChI=1S/C21H32N4O2.HI/c1-16-18(19-6-4-5-7-20(19)24-16)8-10-23-21(22-2)25-11-9-17(14-25)15-27-13-12-26-3;/h4-7,17,24H,8-15H2,1-3H3,(H,22,23);1H. The molecule has 2 aromatic rings. The maximum atomic E-state index is 5.69. The maximum Gasteiger partial charge on any atom is 0.193 e. The van der Waals surface area contributed by atoms with Crippen molar-refractivity contribution in [2.45, 2.75) is 19.8 Å². The SMILES string of the molecule is CN=C(NCCc1c(C)[nH]c2ccccc12)N1CCC(COCCOC)C1.I. The van der Waals surface area contributed by atoms with Crippen LogP contribution in [0, 0.1) is 12.8 Å². The van der Waals surface area contributed by atoms with E-state index in [4.69, 9.17) is 9.47 Å². The number of aryl methyl sites for hydroxylation is 1.